The molecule has 0 unspecified atom stereocenters. The molecule has 0 aromatic heterocycles. The van der Waals surface area contributed by atoms with E-state index in [4.69, 9.17) is 0 Å². The molecule has 0 atom stereocenters. The summed E-state index contributed by atoms with van der Waals surface area (Å²) in [6.45, 7) is 2.25. The number of rotatable bonds is 10. The summed E-state index contributed by atoms with van der Waals surface area (Å²) in [5.74, 6) is 1.84. The normalized spacial score (nSPS) is 10.2. The molecule has 0 fully saturated rings. The van der Waals surface area contributed by atoms with Gasteiger partial charge in [0, 0.05) is 5.75 Å². The third-order valence-corrected chi connectivity index (χ3v) is 3.03. The Balaban J connectivity index is 2.79. The van der Waals surface area contributed by atoms with Crippen molar-refractivity contribution < 1.29 is 4.79 Å². The molecule has 0 saturated carbocycles. The fourth-order valence-electron chi connectivity index (χ4n) is 1.29. The molecule has 0 aromatic rings. The average Bonchev–Trinajstić information content (AvgIpc) is 2.16. The number of carbonyl (C=O) groups is 1. The lowest BCUT2D eigenvalue weighted by atomic mass is 10.1. The van der Waals surface area contributed by atoms with Gasteiger partial charge in [-0.3, -0.25) is 0 Å². The highest BCUT2D eigenvalue weighted by Crippen LogP contribution is 2.09. The van der Waals surface area contributed by atoms with Crippen molar-refractivity contribution in [1.82, 2.24) is 0 Å². The monoisotopic (exact) mass is 202 g/mol. The summed E-state index contributed by atoms with van der Waals surface area (Å²) in [6.07, 6.45) is 10.5. The van der Waals surface area contributed by atoms with Crippen LogP contribution in [-0.4, -0.2) is 17.8 Å². The van der Waals surface area contributed by atoms with Crippen LogP contribution in [-0.2, 0) is 4.79 Å². The van der Waals surface area contributed by atoms with E-state index < -0.39 is 0 Å². The molecule has 0 saturated heterocycles. The van der Waals surface area contributed by atoms with Crippen molar-refractivity contribution >= 4 is 18.0 Å². The highest BCUT2D eigenvalue weighted by atomic mass is 32.2. The molecule has 0 N–H and O–H groups in total. The smallest absolute Gasteiger partial charge is 0.129 e. The second-order valence-electron chi connectivity index (χ2n) is 3.36. The summed E-state index contributed by atoms with van der Waals surface area (Å²) < 4.78 is 0. The standard InChI is InChI=1S/C11H22OS/c1-2-3-4-5-6-7-8-10-13-11-9-12/h9H,2-8,10-11H2,1H3. The van der Waals surface area contributed by atoms with Gasteiger partial charge in [0.05, 0.1) is 0 Å². The molecular formula is C11H22OS. The van der Waals surface area contributed by atoms with Gasteiger partial charge in [-0.25, -0.2) is 0 Å². The van der Waals surface area contributed by atoms with E-state index in [9.17, 15) is 4.79 Å². The number of carbonyl (C=O) groups excluding carboxylic acids is 1. The van der Waals surface area contributed by atoms with Crippen molar-refractivity contribution in [2.75, 3.05) is 11.5 Å². The molecule has 0 aliphatic rings. The van der Waals surface area contributed by atoms with E-state index in [1.165, 1.54) is 44.9 Å². The average molecular weight is 202 g/mol. The Labute approximate surface area is 86.7 Å². The van der Waals surface area contributed by atoms with Gasteiger partial charge in [0.2, 0.25) is 0 Å². The van der Waals surface area contributed by atoms with Crippen molar-refractivity contribution in [3.8, 4) is 0 Å². The van der Waals surface area contributed by atoms with Gasteiger partial charge >= 0.3 is 0 Å². The molecule has 0 radical (unpaired) electrons. The molecule has 13 heavy (non-hydrogen) atoms. The first-order chi connectivity index (χ1) is 6.41. The molecular weight excluding hydrogens is 180 g/mol. The van der Waals surface area contributed by atoms with Crippen LogP contribution < -0.4 is 0 Å². The van der Waals surface area contributed by atoms with Gasteiger partial charge in [-0.05, 0) is 12.2 Å². The first kappa shape index (κ1) is 13.0. The van der Waals surface area contributed by atoms with Gasteiger partial charge in [-0.15, -0.1) is 0 Å². The summed E-state index contributed by atoms with van der Waals surface area (Å²) >= 11 is 1.75. The number of unbranched alkanes of at least 4 members (excludes halogenated alkanes) is 6. The van der Waals surface area contributed by atoms with Crippen molar-refractivity contribution in [2.45, 2.75) is 51.9 Å². The molecule has 0 aliphatic heterocycles. The Morgan fingerprint density at radius 2 is 1.62 bits per heavy atom. The van der Waals surface area contributed by atoms with Crippen LogP contribution in [0.5, 0.6) is 0 Å². The van der Waals surface area contributed by atoms with Crippen molar-refractivity contribution in [1.29, 1.82) is 0 Å². The van der Waals surface area contributed by atoms with E-state index in [0.717, 1.165) is 12.0 Å². The van der Waals surface area contributed by atoms with Gasteiger partial charge in [-0.1, -0.05) is 45.4 Å². The van der Waals surface area contributed by atoms with E-state index in [1.807, 2.05) is 0 Å². The molecule has 0 aromatic carbocycles. The van der Waals surface area contributed by atoms with E-state index in [1.54, 1.807) is 11.8 Å². The van der Waals surface area contributed by atoms with Crippen LogP contribution in [0.2, 0.25) is 0 Å². The highest BCUT2D eigenvalue weighted by molar-refractivity contribution is 7.99. The molecule has 0 aliphatic carbocycles. The zero-order valence-corrected chi connectivity index (χ0v) is 9.57. The maximum atomic E-state index is 9.99. The third-order valence-electron chi connectivity index (χ3n) is 2.08. The summed E-state index contributed by atoms with van der Waals surface area (Å²) in [7, 11) is 0. The van der Waals surface area contributed by atoms with Gasteiger partial charge in [-0.2, -0.15) is 11.8 Å². The van der Waals surface area contributed by atoms with Crippen LogP contribution in [0.4, 0.5) is 0 Å². The molecule has 78 valence electrons. The predicted molar refractivity (Wildman–Crippen MR) is 61.4 cm³/mol. The summed E-state index contributed by atoms with van der Waals surface area (Å²) in [5.41, 5.74) is 0. The largest absolute Gasteiger partial charge is 0.302 e. The summed E-state index contributed by atoms with van der Waals surface area (Å²) in [6, 6.07) is 0. The van der Waals surface area contributed by atoms with Gasteiger partial charge in [0.15, 0.2) is 0 Å². The van der Waals surface area contributed by atoms with E-state index in [-0.39, 0.29) is 0 Å². The Morgan fingerprint density at radius 3 is 2.23 bits per heavy atom. The SMILES string of the molecule is CCCCCCCCCSCC=O. The Kier molecular flexibility index (Phi) is 12.0. The van der Waals surface area contributed by atoms with Crippen LogP contribution in [0.1, 0.15) is 51.9 Å². The number of hydrogen-bond donors (Lipinski definition) is 0. The summed E-state index contributed by atoms with van der Waals surface area (Å²) in [4.78, 5) is 9.99. The van der Waals surface area contributed by atoms with Crippen molar-refractivity contribution in [3.05, 3.63) is 0 Å². The first-order valence-electron chi connectivity index (χ1n) is 5.43. The Hall–Kier alpha value is 0.0200. The lowest BCUT2D eigenvalue weighted by molar-refractivity contribution is -0.105. The van der Waals surface area contributed by atoms with E-state index in [2.05, 4.69) is 6.92 Å². The van der Waals surface area contributed by atoms with E-state index in [0.29, 0.717) is 5.75 Å². The predicted octanol–water partition coefficient (Wildman–Crippen LogP) is 3.67. The molecule has 1 nitrogen and oxygen atoms in total. The minimum atomic E-state index is 0.676. The fourth-order valence-corrected chi connectivity index (χ4v) is 1.96. The third kappa shape index (κ3) is 12.0. The second-order valence-corrected chi connectivity index (χ2v) is 4.51. The van der Waals surface area contributed by atoms with Gasteiger partial charge < -0.3 is 4.79 Å². The Bertz CT molecular complexity index is 104. The zero-order chi connectivity index (χ0) is 9.78. The molecule has 0 rings (SSSR count). The maximum Gasteiger partial charge on any atom is 0.129 e. The van der Waals surface area contributed by atoms with Crippen LogP contribution in [0.3, 0.4) is 0 Å². The summed E-state index contributed by atoms with van der Waals surface area (Å²) in [5, 5.41) is 0. The number of aldehydes is 1. The highest BCUT2D eigenvalue weighted by Gasteiger charge is 1.91. The molecule has 0 bridgehead atoms. The van der Waals surface area contributed by atoms with Gasteiger partial charge in [0.25, 0.3) is 0 Å². The van der Waals surface area contributed by atoms with Crippen LogP contribution in [0.15, 0.2) is 0 Å². The van der Waals surface area contributed by atoms with Crippen LogP contribution >= 0.6 is 11.8 Å². The number of thioether (sulfide) groups is 1. The quantitative estimate of drug-likeness (QED) is 0.397. The lowest BCUT2D eigenvalue weighted by Gasteiger charge is -1.99. The topological polar surface area (TPSA) is 17.1 Å². The molecule has 0 heterocycles. The van der Waals surface area contributed by atoms with Crippen molar-refractivity contribution in [2.24, 2.45) is 0 Å². The minimum Gasteiger partial charge on any atom is -0.302 e. The zero-order valence-electron chi connectivity index (χ0n) is 8.76. The fraction of sp³-hybridized carbons (Fsp3) is 0.909. The molecule has 0 amide bonds. The van der Waals surface area contributed by atoms with Crippen molar-refractivity contribution in [3.63, 3.8) is 0 Å². The first-order valence-corrected chi connectivity index (χ1v) is 6.58. The number of hydrogen-bond acceptors (Lipinski definition) is 2. The Morgan fingerprint density at radius 1 is 1.00 bits per heavy atom. The minimum absolute atomic E-state index is 0.676. The molecule has 2 heteroatoms. The maximum absolute atomic E-state index is 9.99. The lowest BCUT2D eigenvalue weighted by Crippen LogP contribution is -1.85. The van der Waals surface area contributed by atoms with Gasteiger partial charge in [0.1, 0.15) is 6.29 Å². The molecule has 0 spiro atoms. The second kappa shape index (κ2) is 12.0. The van der Waals surface area contributed by atoms with E-state index >= 15 is 0 Å². The van der Waals surface area contributed by atoms with Crippen LogP contribution in [0.25, 0.3) is 0 Å². The van der Waals surface area contributed by atoms with Crippen LogP contribution in [0, 0.1) is 0 Å².